The Morgan fingerprint density at radius 3 is 2.48 bits per heavy atom. The molecule has 6 heteroatoms. The van der Waals surface area contributed by atoms with Gasteiger partial charge in [-0.3, -0.25) is 0 Å². The van der Waals surface area contributed by atoms with Gasteiger partial charge in [0.2, 0.25) is 0 Å². The minimum atomic E-state index is -0.432. The van der Waals surface area contributed by atoms with Crippen molar-refractivity contribution < 1.29 is 14.6 Å². The summed E-state index contributed by atoms with van der Waals surface area (Å²) >= 11 is 0. The van der Waals surface area contributed by atoms with E-state index >= 15 is 0 Å². The van der Waals surface area contributed by atoms with Crippen LogP contribution >= 0.6 is 0 Å². The zero-order valence-corrected chi connectivity index (χ0v) is 13.4. The number of carbonyl (C=O) groups excluding carboxylic acids is 1. The van der Waals surface area contributed by atoms with Gasteiger partial charge < -0.3 is 19.6 Å². The lowest BCUT2D eigenvalue weighted by Crippen LogP contribution is -2.09. The van der Waals surface area contributed by atoms with Gasteiger partial charge in [-0.15, -0.1) is 0 Å². The third-order valence-corrected chi connectivity index (χ3v) is 3.11. The normalized spacial score (nSPS) is 10.2. The summed E-state index contributed by atoms with van der Waals surface area (Å²) < 4.78 is 6.69. The van der Waals surface area contributed by atoms with Crippen LogP contribution in [0.3, 0.4) is 0 Å². The van der Waals surface area contributed by atoms with Crippen molar-refractivity contribution in [3.63, 3.8) is 0 Å². The fourth-order valence-corrected chi connectivity index (χ4v) is 1.89. The summed E-state index contributed by atoms with van der Waals surface area (Å²) in [7, 11) is 3.75. The summed E-state index contributed by atoms with van der Waals surface area (Å²) in [6.45, 7) is 7.48. The number of pyridine rings is 1. The molecule has 0 aliphatic heterocycles. The second-order valence-electron chi connectivity index (χ2n) is 4.71. The van der Waals surface area contributed by atoms with Crippen LogP contribution in [-0.2, 0) is 4.74 Å². The summed E-state index contributed by atoms with van der Waals surface area (Å²) in [6.07, 6.45) is 1.66. The Morgan fingerprint density at radius 1 is 1.38 bits per heavy atom. The first-order chi connectivity index (χ1) is 9.88. The average Bonchev–Trinajstić information content (AvgIpc) is 2.71. The number of imidazole rings is 1. The number of nitrogens with zero attached hydrogens (tertiary/aromatic N) is 2. The van der Waals surface area contributed by atoms with Gasteiger partial charge in [-0.1, -0.05) is 0 Å². The van der Waals surface area contributed by atoms with Gasteiger partial charge in [0.05, 0.1) is 17.9 Å². The molecule has 0 atom stereocenters. The number of hydrogen-bond donors (Lipinski definition) is 2. The summed E-state index contributed by atoms with van der Waals surface area (Å²) in [6, 6.07) is 0. The van der Waals surface area contributed by atoms with Crippen LogP contribution in [0.4, 0.5) is 0 Å². The number of rotatable bonds is 2. The number of fused-ring (bicyclic) bond motifs is 1. The minimum Gasteiger partial charge on any atom is -0.504 e. The van der Waals surface area contributed by atoms with Gasteiger partial charge in [-0.05, 0) is 41.8 Å². The first-order valence-corrected chi connectivity index (χ1v) is 6.82. The number of aryl methyl sites for hydroxylation is 2. The smallest absolute Gasteiger partial charge is 0.340 e. The number of aromatic hydroxyl groups is 1. The van der Waals surface area contributed by atoms with E-state index in [9.17, 15) is 9.90 Å². The maximum Gasteiger partial charge on any atom is 0.340 e. The van der Waals surface area contributed by atoms with Gasteiger partial charge in [-0.25, -0.2) is 9.78 Å². The molecule has 21 heavy (non-hydrogen) atoms. The largest absolute Gasteiger partial charge is 0.504 e. The lowest BCUT2D eigenvalue weighted by atomic mass is 10.1. The average molecular weight is 293 g/mol. The minimum absolute atomic E-state index is 0.0248. The molecule has 0 aromatic carbocycles. The highest BCUT2D eigenvalue weighted by molar-refractivity contribution is 5.92. The number of esters is 1. The number of nitrogens with one attached hydrogen (secondary N) is 1. The van der Waals surface area contributed by atoms with Crippen LogP contribution in [0.15, 0.2) is 6.20 Å². The molecule has 0 fully saturated rings. The van der Waals surface area contributed by atoms with E-state index in [4.69, 9.17) is 4.74 Å². The lowest BCUT2D eigenvalue weighted by Gasteiger charge is -2.09. The first-order valence-electron chi connectivity index (χ1n) is 6.82. The second-order valence-corrected chi connectivity index (χ2v) is 4.71. The molecule has 6 nitrogen and oxygen atoms in total. The Balaban J connectivity index is 0.000000677. The van der Waals surface area contributed by atoms with Crippen molar-refractivity contribution in [3.05, 3.63) is 28.7 Å². The quantitative estimate of drug-likeness (QED) is 0.828. The van der Waals surface area contributed by atoms with Crippen molar-refractivity contribution in [2.45, 2.75) is 27.7 Å². The molecular weight excluding hydrogens is 270 g/mol. The molecular formula is C15H23N3O3. The number of ether oxygens (including phenoxy) is 1. The van der Waals surface area contributed by atoms with Crippen molar-refractivity contribution in [3.8, 4) is 5.75 Å². The highest BCUT2D eigenvalue weighted by Gasteiger charge is 2.19. The molecule has 0 unspecified atom stereocenters. The Morgan fingerprint density at radius 2 is 1.95 bits per heavy atom. The van der Waals surface area contributed by atoms with Crippen LogP contribution in [-0.4, -0.2) is 41.2 Å². The van der Waals surface area contributed by atoms with Crippen LogP contribution in [0.1, 0.15) is 34.2 Å². The molecule has 2 rings (SSSR count). The van der Waals surface area contributed by atoms with E-state index in [2.05, 4.69) is 10.3 Å². The van der Waals surface area contributed by atoms with Crippen LogP contribution in [0.2, 0.25) is 0 Å². The maximum atomic E-state index is 11.8. The fourth-order valence-electron chi connectivity index (χ4n) is 1.89. The van der Waals surface area contributed by atoms with E-state index < -0.39 is 5.97 Å². The standard InChI is InChI=1S/C13H16N2O3.C2H7N/c1-5-18-13(17)10-6-15-9(4)8(3)14-12(15)11(16)7(10)2;1-3-2/h6,16H,5H2,1-4H3;3H,1-2H3. The Labute approximate surface area is 124 Å². The molecule has 0 saturated heterocycles. The van der Waals surface area contributed by atoms with E-state index in [1.165, 1.54) is 0 Å². The number of carbonyl (C=O) groups is 1. The van der Waals surface area contributed by atoms with Crippen molar-refractivity contribution >= 4 is 11.6 Å². The number of hydrogen-bond acceptors (Lipinski definition) is 5. The molecule has 2 aromatic heterocycles. The third-order valence-electron chi connectivity index (χ3n) is 3.11. The van der Waals surface area contributed by atoms with Crippen LogP contribution in [0, 0.1) is 20.8 Å². The fraction of sp³-hybridized carbons (Fsp3) is 0.467. The molecule has 0 aliphatic carbocycles. The zero-order chi connectivity index (χ0) is 16.2. The predicted molar refractivity (Wildman–Crippen MR) is 82.0 cm³/mol. The van der Waals surface area contributed by atoms with E-state index in [1.807, 2.05) is 27.9 Å². The molecule has 0 radical (unpaired) electrons. The van der Waals surface area contributed by atoms with Gasteiger partial charge in [0.1, 0.15) is 0 Å². The Hall–Kier alpha value is -2.08. The summed E-state index contributed by atoms with van der Waals surface area (Å²) in [5.74, 6) is -0.408. The molecule has 2 aromatic rings. The van der Waals surface area contributed by atoms with E-state index in [0.717, 1.165) is 11.4 Å². The second kappa shape index (κ2) is 7.08. The lowest BCUT2D eigenvalue weighted by molar-refractivity contribution is 0.0524. The van der Waals surface area contributed by atoms with Gasteiger partial charge >= 0.3 is 5.97 Å². The highest BCUT2D eigenvalue weighted by atomic mass is 16.5. The molecule has 0 amide bonds. The van der Waals surface area contributed by atoms with Gasteiger partial charge in [0, 0.05) is 17.5 Å². The van der Waals surface area contributed by atoms with Crippen LogP contribution < -0.4 is 5.32 Å². The van der Waals surface area contributed by atoms with E-state index in [-0.39, 0.29) is 5.75 Å². The molecule has 0 bridgehead atoms. The van der Waals surface area contributed by atoms with Gasteiger partial charge in [0.25, 0.3) is 0 Å². The third kappa shape index (κ3) is 3.33. The summed E-state index contributed by atoms with van der Waals surface area (Å²) in [5.41, 5.74) is 3.04. The van der Waals surface area contributed by atoms with Crippen molar-refractivity contribution in [1.29, 1.82) is 0 Å². The summed E-state index contributed by atoms with van der Waals surface area (Å²) in [4.78, 5) is 16.1. The van der Waals surface area contributed by atoms with Crippen molar-refractivity contribution in [2.24, 2.45) is 0 Å². The van der Waals surface area contributed by atoms with Crippen LogP contribution in [0.25, 0.3) is 5.65 Å². The van der Waals surface area contributed by atoms with E-state index in [1.54, 1.807) is 24.4 Å². The molecule has 0 spiro atoms. The SMILES string of the molecule is CCOC(=O)c1cn2c(C)c(C)nc2c(O)c1C.CNC. The topological polar surface area (TPSA) is 75.9 Å². The zero-order valence-electron chi connectivity index (χ0n) is 13.4. The van der Waals surface area contributed by atoms with Gasteiger partial charge in [0.15, 0.2) is 11.4 Å². The summed E-state index contributed by atoms with van der Waals surface area (Å²) in [5, 5.41) is 12.9. The van der Waals surface area contributed by atoms with Gasteiger partial charge in [-0.2, -0.15) is 0 Å². The monoisotopic (exact) mass is 293 g/mol. The Bertz CT molecular complexity index is 647. The Kier molecular flexibility index (Phi) is 5.72. The molecule has 0 aliphatic rings. The van der Waals surface area contributed by atoms with Crippen molar-refractivity contribution in [2.75, 3.05) is 20.7 Å². The highest BCUT2D eigenvalue weighted by Crippen LogP contribution is 2.27. The van der Waals surface area contributed by atoms with E-state index in [0.29, 0.717) is 23.4 Å². The number of aromatic nitrogens is 2. The molecule has 2 N–H and O–H groups in total. The van der Waals surface area contributed by atoms with Crippen LogP contribution in [0.5, 0.6) is 5.75 Å². The molecule has 2 heterocycles. The predicted octanol–water partition coefficient (Wildman–Crippen LogP) is 1.98. The molecule has 116 valence electrons. The molecule has 0 saturated carbocycles. The first kappa shape index (κ1) is 17.0. The van der Waals surface area contributed by atoms with Crippen molar-refractivity contribution in [1.82, 2.24) is 14.7 Å². The maximum absolute atomic E-state index is 11.8.